The van der Waals surface area contributed by atoms with Gasteiger partial charge in [0, 0.05) is 11.9 Å². The first-order valence-electron chi connectivity index (χ1n) is 6.11. The second-order valence-electron chi connectivity index (χ2n) is 5.06. The van der Waals surface area contributed by atoms with Crippen LogP contribution in [0, 0.1) is 19.8 Å². The normalized spacial score (nSPS) is 26.6. The smallest absolute Gasteiger partial charge is 0.0407 e. The lowest BCUT2D eigenvalue weighted by Gasteiger charge is -2.30. The molecule has 82 valence electrons. The topological polar surface area (TPSA) is 12.9 Å². The fourth-order valence-electron chi connectivity index (χ4n) is 2.81. The SMILES string of the molecule is Cc1cnc(C)c(C2CCCCC2C)c1. The van der Waals surface area contributed by atoms with Crippen LogP contribution in [0.1, 0.15) is 55.3 Å². The van der Waals surface area contributed by atoms with E-state index in [1.165, 1.54) is 42.5 Å². The molecular formula is C14H21N. The number of nitrogens with zero attached hydrogens (tertiary/aromatic N) is 1. The van der Waals surface area contributed by atoms with Gasteiger partial charge in [0.1, 0.15) is 0 Å². The van der Waals surface area contributed by atoms with Crippen molar-refractivity contribution < 1.29 is 0 Å². The monoisotopic (exact) mass is 203 g/mol. The summed E-state index contributed by atoms with van der Waals surface area (Å²) in [7, 11) is 0. The maximum Gasteiger partial charge on any atom is 0.0407 e. The Bertz CT molecular complexity index is 343. The van der Waals surface area contributed by atoms with Gasteiger partial charge < -0.3 is 0 Å². The van der Waals surface area contributed by atoms with E-state index in [4.69, 9.17) is 0 Å². The molecule has 1 heterocycles. The van der Waals surface area contributed by atoms with E-state index in [-0.39, 0.29) is 0 Å². The van der Waals surface area contributed by atoms with Gasteiger partial charge in [-0.05, 0) is 43.2 Å². The van der Waals surface area contributed by atoms with Gasteiger partial charge in [0.2, 0.25) is 0 Å². The van der Waals surface area contributed by atoms with E-state index in [0.717, 1.165) is 11.8 Å². The molecule has 1 aliphatic carbocycles. The molecule has 2 rings (SSSR count). The molecule has 1 fully saturated rings. The van der Waals surface area contributed by atoms with Crippen LogP contribution in [-0.2, 0) is 0 Å². The molecule has 0 saturated heterocycles. The maximum absolute atomic E-state index is 4.49. The highest BCUT2D eigenvalue weighted by Crippen LogP contribution is 2.38. The zero-order valence-electron chi connectivity index (χ0n) is 10.1. The molecule has 1 nitrogen and oxygen atoms in total. The number of hydrogen-bond donors (Lipinski definition) is 0. The third-order valence-corrected chi connectivity index (χ3v) is 3.77. The maximum atomic E-state index is 4.49. The number of aryl methyl sites for hydroxylation is 2. The molecule has 0 spiro atoms. The zero-order chi connectivity index (χ0) is 10.8. The zero-order valence-corrected chi connectivity index (χ0v) is 10.1. The van der Waals surface area contributed by atoms with E-state index < -0.39 is 0 Å². The number of pyridine rings is 1. The second kappa shape index (κ2) is 4.34. The molecular weight excluding hydrogens is 182 g/mol. The Morgan fingerprint density at radius 3 is 2.67 bits per heavy atom. The van der Waals surface area contributed by atoms with Gasteiger partial charge >= 0.3 is 0 Å². The van der Waals surface area contributed by atoms with Crippen molar-refractivity contribution in [3.63, 3.8) is 0 Å². The summed E-state index contributed by atoms with van der Waals surface area (Å²) >= 11 is 0. The van der Waals surface area contributed by atoms with Crippen LogP contribution in [-0.4, -0.2) is 4.98 Å². The highest BCUT2D eigenvalue weighted by Gasteiger charge is 2.24. The minimum Gasteiger partial charge on any atom is -0.261 e. The van der Waals surface area contributed by atoms with Crippen LogP contribution in [0.4, 0.5) is 0 Å². The Balaban J connectivity index is 2.30. The van der Waals surface area contributed by atoms with Crippen LogP contribution in [0.2, 0.25) is 0 Å². The Kier molecular flexibility index (Phi) is 3.08. The number of rotatable bonds is 1. The first-order valence-corrected chi connectivity index (χ1v) is 6.11. The number of hydrogen-bond acceptors (Lipinski definition) is 1. The molecule has 1 heteroatoms. The molecule has 1 aliphatic rings. The van der Waals surface area contributed by atoms with Gasteiger partial charge in [-0.2, -0.15) is 0 Å². The molecule has 0 aliphatic heterocycles. The van der Waals surface area contributed by atoms with E-state index in [1.807, 2.05) is 6.20 Å². The third-order valence-electron chi connectivity index (χ3n) is 3.77. The fourth-order valence-corrected chi connectivity index (χ4v) is 2.81. The lowest BCUT2D eigenvalue weighted by molar-refractivity contribution is 0.329. The van der Waals surface area contributed by atoms with Crippen molar-refractivity contribution in [3.8, 4) is 0 Å². The third kappa shape index (κ3) is 2.22. The van der Waals surface area contributed by atoms with E-state index >= 15 is 0 Å². The van der Waals surface area contributed by atoms with E-state index in [9.17, 15) is 0 Å². The van der Waals surface area contributed by atoms with Gasteiger partial charge in [-0.3, -0.25) is 4.98 Å². The highest BCUT2D eigenvalue weighted by molar-refractivity contribution is 5.28. The summed E-state index contributed by atoms with van der Waals surface area (Å²) < 4.78 is 0. The van der Waals surface area contributed by atoms with Gasteiger partial charge in [-0.25, -0.2) is 0 Å². The molecule has 15 heavy (non-hydrogen) atoms. The molecule has 2 unspecified atom stereocenters. The molecule has 0 bridgehead atoms. The molecule has 2 atom stereocenters. The van der Waals surface area contributed by atoms with Gasteiger partial charge in [-0.15, -0.1) is 0 Å². The van der Waals surface area contributed by atoms with E-state index in [2.05, 4.69) is 31.8 Å². The minimum absolute atomic E-state index is 0.756. The van der Waals surface area contributed by atoms with Crippen LogP contribution < -0.4 is 0 Å². The molecule has 1 aromatic heterocycles. The Hall–Kier alpha value is -0.850. The predicted octanol–water partition coefficient (Wildman–Crippen LogP) is 3.99. The van der Waals surface area contributed by atoms with Gasteiger partial charge in [0.25, 0.3) is 0 Å². The molecule has 1 saturated carbocycles. The summed E-state index contributed by atoms with van der Waals surface area (Å²) in [5.74, 6) is 1.59. The Morgan fingerprint density at radius 2 is 1.93 bits per heavy atom. The first-order chi connectivity index (χ1) is 7.18. The van der Waals surface area contributed by atoms with Gasteiger partial charge in [0.15, 0.2) is 0 Å². The lowest BCUT2D eigenvalue weighted by Crippen LogP contribution is -2.16. The summed E-state index contributed by atoms with van der Waals surface area (Å²) in [6.45, 7) is 6.69. The molecule has 0 amide bonds. The van der Waals surface area contributed by atoms with Crippen molar-refractivity contribution in [2.45, 2.75) is 52.4 Å². The summed E-state index contributed by atoms with van der Waals surface area (Å²) in [5.41, 5.74) is 4.04. The second-order valence-corrected chi connectivity index (χ2v) is 5.06. The molecule has 0 aromatic carbocycles. The average molecular weight is 203 g/mol. The van der Waals surface area contributed by atoms with Crippen LogP contribution in [0.3, 0.4) is 0 Å². The standard InChI is InChI=1S/C14H21N/c1-10-8-14(12(3)15-9-10)13-7-5-4-6-11(13)2/h8-9,11,13H,4-7H2,1-3H3. The highest BCUT2D eigenvalue weighted by atomic mass is 14.7. The van der Waals surface area contributed by atoms with Crippen molar-refractivity contribution >= 4 is 0 Å². The van der Waals surface area contributed by atoms with Crippen LogP contribution in [0.5, 0.6) is 0 Å². The van der Waals surface area contributed by atoms with Gasteiger partial charge in [-0.1, -0.05) is 32.3 Å². The first kappa shape index (κ1) is 10.7. The van der Waals surface area contributed by atoms with Crippen molar-refractivity contribution in [1.82, 2.24) is 4.98 Å². The van der Waals surface area contributed by atoms with Crippen molar-refractivity contribution in [3.05, 3.63) is 29.1 Å². The molecule has 0 N–H and O–H groups in total. The summed E-state index contributed by atoms with van der Waals surface area (Å²) in [4.78, 5) is 4.49. The Labute approximate surface area is 92.9 Å². The van der Waals surface area contributed by atoms with Crippen LogP contribution in [0.15, 0.2) is 12.3 Å². The van der Waals surface area contributed by atoms with Crippen molar-refractivity contribution in [2.24, 2.45) is 5.92 Å². The molecule has 1 aromatic rings. The predicted molar refractivity (Wildman–Crippen MR) is 64.1 cm³/mol. The van der Waals surface area contributed by atoms with Gasteiger partial charge in [0.05, 0.1) is 0 Å². The average Bonchev–Trinajstić information content (AvgIpc) is 2.23. The summed E-state index contributed by atoms with van der Waals surface area (Å²) in [6.07, 6.45) is 7.52. The quantitative estimate of drug-likeness (QED) is 0.672. The summed E-state index contributed by atoms with van der Waals surface area (Å²) in [6, 6.07) is 2.34. The fraction of sp³-hybridized carbons (Fsp3) is 0.643. The van der Waals surface area contributed by atoms with Crippen molar-refractivity contribution in [1.29, 1.82) is 0 Å². The Morgan fingerprint density at radius 1 is 1.20 bits per heavy atom. The lowest BCUT2D eigenvalue weighted by atomic mass is 9.76. The number of aromatic nitrogens is 1. The van der Waals surface area contributed by atoms with E-state index in [1.54, 1.807) is 0 Å². The molecule has 0 radical (unpaired) electrons. The largest absolute Gasteiger partial charge is 0.261 e. The van der Waals surface area contributed by atoms with Crippen molar-refractivity contribution in [2.75, 3.05) is 0 Å². The van der Waals surface area contributed by atoms with Crippen LogP contribution in [0.25, 0.3) is 0 Å². The minimum atomic E-state index is 0.756. The van der Waals surface area contributed by atoms with E-state index in [0.29, 0.717) is 0 Å². The van der Waals surface area contributed by atoms with Crippen LogP contribution >= 0.6 is 0 Å². The summed E-state index contributed by atoms with van der Waals surface area (Å²) in [5, 5.41) is 0.